The molecule has 0 bridgehead atoms. The molecule has 150 valence electrons. The number of carbonyl (C=O) groups is 2. The van der Waals surface area contributed by atoms with Crippen LogP contribution in [0.4, 0.5) is 5.69 Å². The van der Waals surface area contributed by atoms with Crippen molar-refractivity contribution in [2.45, 2.75) is 25.1 Å². The number of rotatable bonds is 5. The van der Waals surface area contributed by atoms with Crippen LogP contribution in [0.5, 0.6) is 11.5 Å². The Balaban J connectivity index is 1.46. The van der Waals surface area contributed by atoms with Gasteiger partial charge in [0.2, 0.25) is 18.6 Å². The van der Waals surface area contributed by atoms with E-state index in [4.69, 9.17) is 9.47 Å². The average molecular weight is 412 g/mol. The Labute approximate surface area is 173 Å². The lowest BCUT2D eigenvalue weighted by atomic mass is 10.2. The first-order chi connectivity index (χ1) is 14.2. The van der Waals surface area contributed by atoms with Crippen molar-refractivity contribution in [2.24, 2.45) is 0 Å². The molecule has 7 nitrogen and oxygen atoms in total. The van der Waals surface area contributed by atoms with Crippen LogP contribution in [0.3, 0.4) is 0 Å². The number of anilines is 1. The molecule has 0 aliphatic carbocycles. The second kappa shape index (κ2) is 8.57. The van der Waals surface area contributed by atoms with Crippen LogP contribution >= 0.6 is 11.8 Å². The topological polar surface area (TPSA) is 81.8 Å². The fourth-order valence-corrected chi connectivity index (χ4v) is 4.33. The van der Waals surface area contributed by atoms with E-state index in [1.807, 2.05) is 43.3 Å². The van der Waals surface area contributed by atoms with Crippen LogP contribution in [0.25, 0.3) is 0 Å². The molecule has 2 amide bonds. The maximum Gasteiger partial charge on any atom is 0.305 e. The van der Waals surface area contributed by atoms with E-state index in [0.717, 1.165) is 22.2 Å². The number of benzene rings is 2. The summed E-state index contributed by atoms with van der Waals surface area (Å²) in [5.74, 6) is 1.11. The Bertz CT molecular complexity index is 948. The molecule has 2 aliphatic rings. The number of ether oxygens (including phenoxy) is 2. The van der Waals surface area contributed by atoms with Crippen molar-refractivity contribution in [1.82, 2.24) is 5.32 Å². The summed E-state index contributed by atoms with van der Waals surface area (Å²) in [5.41, 5.74) is 1.65. The molecule has 0 saturated carbocycles. The van der Waals surface area contributed by atoms with Gasteiger partial charge in [0.25, 0.3) is 0 Å². The van der Waals surface area contributed by atoms with Crippen LogP contribution in [0.1, 0.15) is 18.9 Å². The van der Waals surface area contributed by atoms with Crippen molar-refractivity contribution < 1.29 is 24.1 Å². The summed E-state index contributed by atoms with van der Waals surface area (Å²) in [6.07, 6.45) is 0.180. The summed E-state index contributed by atoms with van der Waals surface area (Å²) in [7, 11) is 0. The highest BCUT2D eigenvalue weighted by Crippen LogP contribution is 2.32. The first-order valence-corrected chi connectivity index (χ1v) is 10.4. The van der Waals surface area contributed by atoms with Gasteiger partial charge in [0, 0.05) is 6.42 Å². The van der Waals surface area contributed by atoms with Gasteiger partial charge in [-0.05, 0) is 48.5 Å². The molecule has 0 spiro atoms. The Hall–Kier alpha value is -3.00. The monoisotopic (exact) mass is 412 g/mol. The normalized spacial score (nSPS) is 18.4. The lowest BCUT2D eigenvalue weighted by molar-refractivity contribution is -0.474. The van der Waals surface area contributed by atoms with Gasteiger partial charge in [-0.25, -0.2) is 4.90 Å². The lowest BCUT2D eigenvalue weighted by Crippen LogP contribution is -2.73. The number of imide groups is 1. The largest absolute Gasteiger partial charge is 0.454 e. The van der Waals surface area contributed by atoms with Crippen LogP contribution < -0.4 is 24.7 Å². The SMILES string of the molecule is CCNC(=[NH+]Cc1ccc2c(c1)OCO2)S[C@H]1CC(=O)N(c2ccccc2)C1=O. The van der Waals surface area contributed by atoms with Gasteiger partial charge in [0.05, 0.1) is 12.2 Å². The number of thioether (sulfide) groups is 1. The van der Waals surface area contributed by atoms with Crippen molar-refractivity contribution in [1.29, 1.82) is 0 Å². The Morgan fingerprint density at radius 2 is 1.97 bits per heavy atom. The van der Waals surface area contributed by atoms with Gasteiger partial charge in [-0.1, -0.05) is 24.3 Å². The van der Waals surface area contributed by atoms with Crippen molar-refractivity contribution in [3.05, 3.63) is 54.1 Å². The van der Waals surface area contributed by atoms with Gasteiger partial charge in [0.1, 0.15) is 11.8 Å². The second-order valence-electron chi connectivity index (χ2n) is 6.61. The van der Waals surface area contributed by atoms with E-state index in [0.29, 0.717) is 18.8 Å². The highest BCUT2D eigenvalue weighted by molar-refractivity contribution is 8.14. The van der Waals surface area contributed by atoms with Gasteiger partial charge in [-0.2, -0.15) is 0 Å². The predicted octanol–water partition coefficient (Wildman–Crippen LogP) is 1.03. The van der Waals surface area contributed by atoms with E-state index in [1.54, 1.807) is 12.1 Å². The Morgan fingerprint density at radius 1 is 1.17 bits per heavy atom. The summed E-state index contributed by atoms with van der Waals surface area (Å²) in [6, 6.07) is 14.8. The van der Waals surface area contributed by atoms with Crippen LogP contribution in [-0.4, -0.2) is 35.6 Å². The molecule has 4 rings (SSSR count). The molecule has 29 heavy (non-hydrogen) atoms. The third-order valence-corrected chi connectivity index (χ3v) is 5.78. The number of hydrogen-bond acceptors (Lipinski definition) is 5. The van der Waals surface area contributed by atoms with Gasteiger partial charge in [-0.15, -0.1) is 0 Å². The number of hydrogen-bond donors (Lipinski definition) is 2. The maximum atomic E-state index is 12.8. The highest BCUT2D eigenvalue weighted by atomic mass is 32.2. The molecule has 2 N–H and O–H groups in total. The number of carbonyl (C=O) groups excluding carboxylic acids is 2. The summed E-state index contributed by atoms with van der Waals surface area (Å²) in [6.45, 7) is 3.49. The zero-order valence-electron chi connectivity index (χ0n) is 16.0. The third-order valence-electron chi connectivity index (χ3n) is 4.61. The fourth-order valence-electron chi connectivity index (χ4n) is 3.23. The number of nitrogens with one attached hydrogen (secondary N) is 2. The summed E-state index contributed by atoms with van der Waals surface area (Å²) < 4.78 is 10.8. The molecule has 0 aromatic heterocycles. The number of amides is 2. The number of fused-ring (bicyclic) bond motifs is 1. The van der Waals surface area contributed by atoms with Gasteiger partial charge in [-0.3, -0.25) is 19.9 Å². The average Bonchev–Trinajstić information content (AvgIpc) is 3.30. The third kappa shape index (κ3) is 4.22. The summed E-state index contributed by atoms with van der Waals surface area (Å²) >= 11 is 1.36. The summed E-state index contributed by atoms with van der Waals surface area (Å²) in [4.78, 5) is 29.9. The summed E-state index contributed by atoms with van der Waals surface area (Å²) in [5, 5.41) is 3.56. The highest BCUT2D eigenvalue weighted by Gasteiger charge is 2.41. The van der Waals surface area contributed by atoms with E-state index < -0.39 is 5.25 Å². The molecule has 2 heterocycles. The van der Waals surface area contributed by atoms with Crippen LogP contribution in [0.15, 0.2) is 48.5 Å². The van der Waals surface area contributed by atoms with Crippen molar-refractivity contribution >= 4 is 34.4 Å². The van der Waals surface area contributed by atoms with Crippen molar-refractivity contribution in [2.75, 3.05) is 18.2 Å². The molecular weight excluding hydrogens is 390 g/mol. The molecular formula is C21H22N3O4S+. The molecule has 1 fully saturated rings. The maximum absolute atomic E-state index is 12.8. The molecule has 2 aliphatic heterocycles. The lowest BCUT2D eigenvalue weighted by Gasteiger charge is -2.14. The molecule has 2 aromatic rings. The Kier molecular flexibility index (Phi) is 5.71. The van der Waals surface area contributed by atoms with E-state index in [9.17, 15) is 9.59 Å². The van der Waals surface area contributed by atoms with Gasteiger partial charge >= 0.3 is 5.17 Å². The van der Waals surface area contributed by atoms with E-state index >= 15 is 0 Å². The van der Waals surface area contributed by atoms with E-state index in [2.05, 4.69) is 10.3 Å². The number of nitrogens with zero attached hydrogens (tertiary/aromatic N) is 1. The van der Waals surface area contributed by atoms with Crippen molar-refractivity contribution in [3.63, 3.8) is 0 Å². The van der Waals surface area contributed by atoms with Crippen LogP contribution in [-0.2, 0) is 16.1 Å². The minimum absolute atomic E-state index is 0.176. The molecule has 0 unspecified atom stereocenters. The zero-order chi connectivity index (χ0) is 20.2. The standard InChI is InChI=1S/C21H21N3O4S/c1-2-22-21(23-12-14-8-9-16-17(10-14)28-13-27-16)29-18-11-19(25)24(20(18)26)15-6-4-3-5-7-15/h3-10,18H,2,11-13H2,1H3,(H,22,23)/p+1/t18-/m0/s1. The molecule has 1 saturated heterocycles. The van der Waals surface area contributed by atoms with Crippen LogP contribution in [0, 0.1) is 0 Å². The minimum atomic E-state index is -0.457. The Morgan fingerprint density at radius 3 is 2.76 bits per heavy atom. The quantitative estimate of drug-likeness (QED) is 0.434. The van der Waals surface area contributed by atoms with Crippen LogP contribution in [0.2, 0.25) is 0 Å². The first-order valence-electron chi connectivity index (χ1n) is 9.47. The smallest absolute Gasteiger partial charge is 0.305 e. The first kappa shape index (κ1) is 19.3. The van der Waals surface area contributed by atoms with Crippen molar-refractivity contribution in [3.8, 4) is 11.5 Å². The number of amidine groups is 1. The molecule has 0 radical (unpaired) electrons. The fraction of sp³-hybridized carbons (Fsp3) is 0.286. The van der Waals surface area contributed by atoms with E-state index in [1.165, 1.54) is 16.7 Å². The molecule has 2 aromatic carbocycles. The zero-order valence-corrected chi connectivity index (χ0v) is 16.8. The number of para-hydroxylation sites is 1. The predicted molar refractivity (Wildman–Crippen MR) is 111 cm³/mol. The van der Waals surface area contributed by atoms with Gasteiger partial charge < -0.3 is 9.47 Å². The molecule has 1 atom stereocenters. The minimum Gasteiger partial charge on any atom is -0.454 e. The van der Waals surface area contributed by atoms with Gasteiger partial charge in [0.15, 0.2) is 11.5 Å². The van der Waals surface area contributed by atoms with E-state index in [-0.39, 0.29) is 25.0 Å². The molecule has 8 heteroatoms. The second-order valence-corrected chi connectivity index (χ2v) is 7.83.